The van der Waals surface area contributed by atoms with Crippen molar-refractivity contribution in [1.82, 2.24) is 5.32 Å². The summed E-state index contributed by atoms with van der Waals surface area (Å²) in [6.07, 6.45) is 0.111. The van der Waals surface area contributed by atoms with Gasteiger partial charge in [0.25, 0.3) is 5.91 Å². The van der Waals surface area contributed by atoms with Gasteiger partial charge >= 0.3 is 0 Å². The van der Waals surface area contributed by atoms with E-state index >= 15 is 0 Å². The minimum Gasteiger partial charge on any atom is -0.392 e. The van der Waals surface area contributed by atoms with E-state index in [4.69, 9.17) is 0 Å². The molecule has 2 fully saturated rings. The van der Waals surface area contributed by atoms with E-state index in [1.54, 1.807) is 23.9 Å². The molecule has 4 nitrogen and oxygen atoms in total. The molecule has 1 saturated heterocycles. The Bertz CT molecular complexity index is 481. The molecular weight excluding hydrogens is 262 g/mol. The van der Waals surface area contributed by atoms with E-state index in [-0.39, 0.29) is 11.2 Å². The van der Waals surface area contributed by atoms with Crippen LogP contribution in [-0.4, -0.2) is 44.9 Å². The van der Waals surface area contributed by atoms with Crippen LogP contribution < -0.4 is 5.32 Å². The van der Waals surface area contributed by atoms with E-state index in [0.717, 1.165) is 0 Å². The number of rotatable bonds is 2. The van der Waals surface area contributed by atoms with Crippen molar-refractivity contribution in [2.45, 2.75) is 35.8 Å². The van der Waals surface area contributed by atoms with Gasteiger partial charge in [0.05, 0.1) is 23.0 Å². The average molecular weight is 279 g/mol. The highest BCUT2D eigenvalue weighted by molar-refractivity contribution is 8.00. The van der Waals surface area contributed by atoms with E-state index in [1.807, 2.05) is 18.2 Å². The Morgan fingerprint density at radius 3 is 2.79 bits per heavy atom. The molecule has 5 heteroatoms. The quantitative estimate of drug-likeness (QED) is 0.748. The van der Waals surface area contributed by atoms with Gasteiger partial charge in [0.15, 0.2) is 0 Å². The number of hydrogen-bond acceptors (Lipinski definition) is 4. The second kappa shape index (κ2) is 4.81. The molecule has 1 aliphatic heterocycles. The highest BCUT2D eigenvalue weighted by Crippen LogP contribution is 2.45. The van der Waals surface area contributed by atoms with Crippen LogP contribution in [0.3, 0.4) is 0 Å². The Morgan fingerprint density at radius 2 is 2.05 bits per heavy atom. The van der Waals surface area contributed by atoms with E-state index in [2.05, 4.69) is 5.32 Å². The second-order valence-electron chi connectivity index (χ2n) is 5.30. The Morgan fingerprint density at radius 1 is 1.32 bits per heavy atom. The summed E-state index contributed by atoms with van der Waals surface area (Å²) in [7, 11) is 0. The average Bonchev–Trinajstić information content (AvgIpc) is 2.64. The van der Waals surface area contributed by atoms with Gasteiger partial charge in [-0.1, -0.05) is 18.2 Å². The SMILES string of the molecule is O=C(N[C@]12CC[C@H](O)[C@H](SC1)[C@H]2O)c1ccccc1. The number of aliphatic hydroxyl groups is 2. The number of fused-ring (bicyclic) bond motifs is 2. The molecule has 1 heterocycles. The van der Waals surface area contributed by atoms with E-state index in [9.17, 15) is 15.0 Å². The number of amides is 1. The zero-order valence-electron chi connectivity index (χ0n) is 10.5. The van der Waals surface area contributed by atoms with Crippen molar-refractivity contribution >= 4 is 17.7 Å². The number of carbonyl (C=O) groups is 1. The lowest BCUT2D eigenvalue weighted by molar-refractivity contribution is -0.00240. The Labute approximate surface area is 116 Å². The maximum atomic E-state index is 12.2. The summed E-state index contributed by atoms with van der Waals surface area (Å²) in [5, 5.41) is 23.0. The maximum Gasteiger partial charge on any atom is 0.251 e. The summed E-state index contributed by atoms with van der Waals surface area (Å²) in [4.78, 5) is 12.2. The summed E-state index contributed by atoms with van der Waals surface area (Å²) >= 11 is 1.55. The fraction of sp³-hybridized carbons (Fsp3) is 0.500. The molecule has 19 heavy (non-hydrogen) atoms. The normalized spacial score (nSPS) is 37.1. The Balaban J connectivity index is 1.78. The van der Waals surface area contributed by atoms with Crippen molar-refractivity contribution in [1.29, 1.82) is 0 Å². The molecule has 3 rings (SSSR count). The molecule has 1 aromatic rings. The topological polar surface area (TPSA) is 69.6 Å². The van der Waals surface area contributed by atoms with Crippen molar-refractivity contribution < 1.29 is 15.0 Å². The third kappa shape index (κ3) is 2.16. The summed E-state index contributed by atoms with van der Waals surface area (Å²) in [5.41, 5.74) is 0.0187. The summed E-state index contributed by atoms with van der Waals surface area (Å²) in [5.74, 6) is 0.506. The van der Waals surface area contributed by atoms with E-state index in [0.29, 0.717) is 24.2 Å². The first-order valence-electron chi connectivity index (χ1n) is 6.48. The zero-order chi connectivity index (χ0) is 13.5. The lowest BCUT2D eigenvalue weighted by atomic mass is 9.79. The molecule has 1 aliphatic carbocycles. The minimum absolute atomic E-state index is 0.155. The van der Waals surface area contributed by atoms with Gasteiger partial charge in [-0.3, -0.25) is 4.79 Å². The predicted octanol–water partition coefficient (Wildman–Crippen LogP) is 0.786. The van der Waals surface area contributed by atoms with E-state index in [1.165, 1.54) is 0 Å². The molecule has 1 saturated carbocycles. The molecular formula is C14H17NO3S. The van der Waals surface area contributed by atoms with Gasteiger partial charge in [-0.25, -0.2) is 0 Å². The fourth-order valence-electron chi connectivity index (χ4n) is 2.91. The van der Waals surface area contributed by atoms with Crippen LogP contribution in [0.25, 0.3) is 0 Å². The predicted molar refractivity (Wildman–Crippen MR) is 74.1 cm³/mol. The number of hydrogen-bond donors (Lipinski definition) is 3. The molecule has 0 unspecified atom stereocenters. The smallest absolute Gasteiger partial charge is 0.251 e. The highest BCUT2D eigenvalue weighted by Gasteiger charge is 2.54. The van der Waals surface area contributed by atoms with Crippen LogP contribution in [0, 0.1) is 0 Å². The molecule has 1 amide bonds. The lowest BCUT2D eigenvalue weighted by Crippen LogP contribution is -2.61. The van der Waals surface area contributed by atoms with Crippen molar-refractivity contribution in [2.75, 3.05) is 5.75 Å². The molecule has 4 atom stereocenters. The van der Waals surface area contributed by atoms with Gasteiger partial charge in [-0.2, -0.15) is 11.8 Å². The summed E-state index contributed by atoms with van der Waals surface area (Å²) in [6, 6.07) is 9.02. The first-order chi connectivity index (χ1) is 9.12. The van der Waals surface area contributed by atoms with Crippen LogP contribution in [-0.2, 0) is 0 Å². The van der Waals surface area contributed by atoms with Crippen LogP contribution in [0.15, 0.2) is 30.3 Å². The van der Waals surface area contributed by atoms with Gasteiger partial charge in [0.1, 0.15) is 0 Å². The zero-order valence-corrected chi connectivity index (χ0v) is 11.3. The monoisotopic (exact) mass is 279 g/mol. The van der Waals surface area contributed by atoms with Gasteiger partial charge in [0, 0.05) is 11.3 Å². The fourth-order valence-corrected chi connectivity index (χ4v) is 4.59. The van der Waals surface area contributed by atoms with Crippen molar-refractivity contribution in [2.24, 2.45) is 0 Å². The molecule has 2 bridgehead atoms. The first-order valence-corrected chi connectivity index (χ1v) is 7.53. The number of carbonyl (C=O) groups excluding carboxylic acids is 1. The molecule has 0 radical (unpaired) electrons. The third-order valence-electron chi connectivity index (χ3n) is 4.07. The second-order valence-corrected chi connectivity index (χ2v) is 6.47. The number of aliphatic hydroxyl groups excluding tert-OH is 2. The van der Waals surface area contributed by atoms with Gasteiger partial charge < -0.3 is 15.5 Å². The summed E-state index contributed by atoms with van der Waals surface area (Å²) in [6.45, 7) is 0. The van der Waals surface area contributed by atoms with Crippen LogP contribution in [0.2, 0.25) is 0 Å². The number of benzene rings is 1. The lowest BCUT2D eigenvalue weighted by Gasteiger charge is -2.39. The largest absolute Gasteiger partial charge is 0.392 e. The Kier molecular flexibility index (Phi) is 3.28. The number of nitrogens with one attached hydrogen (secondary N) is 1. The molecule has 0 spiro atoms. The molecule has 2 aliphatic rings. The van der Waals surface area contributed by atoms with Gasteiger partial charge in [0.2, 0.25) is 0 Å². The molecule has 0 aromatic heterocycles. The van der Waals surface area contributed by atoms with E-state index < -0.39 is 17.7 Å². The maximum absolute atomic E-state index is 12.2. The van der Waals surface area contributed by atoms with Crippen molar-refractivity contribution in [3.05, 3.63) is 35.9 Å². The highest BCUT2D eigenvalue weighted by atomic mass is 32.2. The standard InChI is InChI=1S/C14H17NO3S/c16-10-6-7-14(8-19-11(10)12(14)17)15-13(18)9-4-2-1-3-5-9/h1-5,10-12,16-17H,6-8H2,(H,15,18)/t10-,11-,12+,14+/m0/s1. The van der Waals surface area contributed by atoms with Crippen LogP contribution in [0.4, 0.5) is 0 Å². The molecule has 1 aromatic carbocycles. The Hall–Kier alpha value is -1.04. The number of thioether (sulfide) groups is 1. The minimum atomic E-state index is -0.672. The van der Waals surface area contributed by atoms with Crippen molar-refractivity contribution in [3.8, 4) is 0 Å². The van der Waals surface area contributed by atoms with Crippen LogP contribution >= 0.6 is 11.8 Å². The molecule has 3 N–H and O–H groups in total. The van der Waals surface area contributed by atoms with Gasteiger partial charge in [-0.15, -0.1) is 0 Å². The summed E-state index contributed by atoms with van der Waals surface area (Å²) < 4.78 is 0. The first kappa shape index (κ1) is 13.0. The van der Waals surface area contributed by atoms with Crippen molar-refractivity contribution in [3.63, 3.8) is 0 Å². The third-order valence-corrected chi connectivity index (χ3v) is 5.71. The molecule has 102 valence electrons. The van der Waals surface area contributed by atoms with Gasteiger partial charge in [-0.05, 0) is 25.0 Å². The van der Waals surface area contributed by atoms with Crippen LogP contribution in [0.1, 0.15) is 23.2 Å². The van der Waals surface area contributed by atoms with Crippen LogP contribution in [0.5, 0.6) is 0 Å².